The van der Waals surface area contributed by atoms with Crippen molar-refractivity contribution in [3.05, 3.63) is 12.2 Å². The van der Waals surface area contributed by atoms with Crippen molar-refractivity contribution in [3.8, 4) is 0 Å². The smallest absolute Gasteiger partial charge is 0.0651 e. The average molecular weight is 183 g/mol. The first-order chi connectivity index (χ1) is 6.11. The van der Waals surface area contributed by atoms with Crippen LogP contribution in [-0.2, 0) is 4.74 Å². The Labute approximate surface area is 81.6 Å². The van der Waals surface area contributed by atoms with E-state index in [1.807, 2.05) is 0 Å². The first-order valence-corrected chi connectivity index (χ1v) is 5.01. The van der Waals surface area contributed by atoms with Gasteiger partial charge >= 0.3 is 0 Å². The Balaban J connectivity index is 2.57. The Morgan fingerprint density at radius 3 is 2.77 bits per heavy atom. The molecule has 1 fully saturated rings. The molecular formula is C11H21NO. The van der Waals surface area contributed by atoms with Crippen molar-refractivity contribution >= 4 is 0 Å². The molecule has 2 atom stereocenters. The molecule has 0 aromatic carbocycles. The van der Waals surface area contributed by atoms with E-state index >= 15 is 0 Å². The van der Waals surface area contributed by atoms with Crippen molar-refractivity contribution < 1.29 is 4.74 Å². The van der Waals surface area contributed by atoms with Crippen LogP contribution in [0, 0.1) is 5.92 Å². The van der Waals surface area contributed by atoms with E-state index in [4.69, 9.17) is 4.74 Å². The molecule has 76 valence electrons. The SMILES string of the molecule is C/C=C\CN(C)[C@]1(C)COC[C@@H]1C. The number of ether oxygens (including phenoxy) is 1. The molecule has 0 N–H and O–H groups in total. The zero-order chi connectivity index (χ0) is 9.90. The molecule has 2 nitrogen and oxygen atoms in total. The number of hydrogen-bond donors (Lipinski definition) is 0. The molecule has 2 heteroatoms. The van der Waals surface area contributed by atoms with Crippen LogP contribution in [0.1, 0.15) is 20.8 Å². The molecule has 0 saturated carbocycles. The molecule has 1 saturated heterocycles. The van der Waals surface area contributed by atoms with E-state index in [9.17, 15) is 0 Å². The molecule has 0 aromatic rings. The molecule has 1 heterocycles. The molecular weight excluding hydrogens is 162 g/mol. The summed E-state index contributed by atoms with van der Waals surface area (Å²) in [5, 5.41) is 0. The minimum absolute atomic E-state index is 0.222. The van der Waals surface area contributed by atoms with Crippen LogP contribution in [0.25, 0.3) is 0 Å². The van der Waals surface area contributed by atoms with Crippen LogP contribution in [0.5, 0.6) is 0 Å². The lowest BCUT2D eigenvalue weighted by Crippen LogP contribution is -2.48. The van der Waals surface area contributed by atoms with Gasteiger partial charge in [-0.3, -0.25) is 4.90 Å². The zero-order valence-electron chi connectivity index (χ0n) is 9.21. The number of rotatable bonds is 3. The molecule has 1 aliphatic heterocycles. The number of nitrogens with zero attached hydrogens (tertiary/aromatic N) is 1. The molecule has 0 aliphatic carbocycles. The second-order valence-corrected chi connectivity index (χ2v) is 4.22. The van der Waals surface area contributed by atoms with Crippen LogP contribution in [0.2, 0.25) is 0 Å². The first-order valence-electron chi connectivity index (χ1n) is 5.01. The molecule has 1 aliphatic rings. The van der Waals surface area contributed by atoms with Gasteiger partial charge in [-0.15, -0.1) is 0 Å². The van der Waals surface area contributed by atoms with Crippen LogP contribution in [-0.4, -0.2) is 37.2 Å². The number of allylic oxidation sites excluding steroid dienone is 1. The van der Waals surface area contributed by atoms with Gasteiger partial charge in [0.2, 0.25) is 0 Å². The molecule has 0 amide bonds. The summed E-state index contributed by atoms with van der Waals surface area (Å²) in [5.74, 6) is 0.628. The van der Waals surface area contributed by atoms with Crippen molar-refractivity contribution in [3.63, 3.8) is 0 Å². The van der Waals surface area contributed by atoms with E-state index in [1.165, 1.54) is 0 Å². The minimum atomic E-state index is 0.222. The Bertz CT molecular complexity index is 191. The number of hydrogen-bond acceptors (Lipinski definition) is 2. The predicted octanol–water partition coefficient (Wildman–Crippen LogP) is 1.92. The summed E-state index contributed by atoms with van der Waals surface area (Å²) in [6.07, 6.45) is 4.29. The van der Waals surface area contributed by atoms with Crippen LogP contribution in [0.4, 0.5) is 0 Å². The summed E-state index contributed by atoms with van der Waals surface area (Å²) in [7, 11) is 2.17. The summed E-state index contributed by atoms with van der Waals surface area (Å²) in [6.45, 7) is 9.39. The zero-order valence-corrected chi connectivity index (χ0v) is 9.21. The van der Waals surface area contributed by atoms with Gasteiger partial charge in [0, 0.05) is 12.1 Å². The molecule has 0 spiro atoms. The Morgan fingerprint density at radius 1 is 1.62 bits per heavy atom. The fourth-order valence-corrected chi connectivity index (χ4v) is 1.72. The number of likely N-dealkylation sites (N-methyl/N-ethyl adjacent to an activating group) is 1. The third-order valence-electron chi connectivity index (χ3n) is 3.31. The molecule has 0 aromatic heterocycles. The fraction of sp³-hybridized carbons (Fsp3) is 0.818. The molecule has 1 rings (SSSR count). The lowest BCUT2D eigenvalue weighted by Gasteiger charge is -2.37. The average Bonchev–Trinajstić information content (AvgIpc) is 2.44. The van der Waals surface area contributed by atoms with E-state index < -0.39 is 0 Å². The summed E-state index contributed by atoms with van der Waals surface area (Å²) in [5.41, 5.74) is 0.222. The summed E-state index contributed by atoms with van der Waals surface area (Å²) < 4.78 is 5.51. The van der Waals surface area contributed by atoms with Crippen molar-refractivity contribution in [2.45, 2.75) is 26.3 Å². The van der Waals surface area contributed by atoms with Gasteiger partial charge in [0.25, 0.3) is 0 Å². The van der Waals surface area contributed by atoms with Crippen LogP contribution in [0.3, 0.4) is 0 Å². The maximum Gasteiger partial charge on any atom is 0.0651 e. The van der Waals surface area contributed by atoms with Gasteiger partial charge in [-0.05, 0) is 26.8 Å². The van der Waals surface area contributed by atoms with Crippen LogP contribution in [0.15, 0.2) is 12.2 Å². The quantitative estimate of drug-likeness (QED) is 0.620. The molecule has 0 radical (unpaired) electrons. The summed E-state index contributed by atoms with van der Waals surface area (Å²) in [4.78, 5) is 2.38. The second kappa shape index (κ2) is 4.25. The van der Waals surface area contributed by atoms with E-state index in [2.05, 4.69) is 44.9 Å². The lowest BCUT2D eigenvalue weighted by atomic mass is 9.89. The van der Waals surface area contributed by atoms with Gasteiger partial charge in [-0.1, -0.05) is 19.1 Å². The normalized spacial score (nSPS) is 35.0. The Hall–Kier alpha value is -0.340. The van der Waals surface area contributed by atoms with Crippen molar-refractivity contribution in [1.29, 1.82) is 0 Å². The van der Waals surface area contributed by atoms with E-state index in [0.717, 1.165) is 19.8 Å². The predicted molar refractivity (Wildman–Crippen MR) is 55.8 cm³/mol. The highest BCUT2D eigenvalue weighted by molar-refractivity contribution is 4.96. The second-order valence-electron chi connectivity index (χ2n) is 4.22. The van der Waals surface area contributed by atoms with E-state index in [-0.39, 0.29) is 5.54 Å². The minimum Gasteiger partial charge on any atom is -0.379 e. The van der Waals surface area contributed by atoms with Gasteiger partial charge in [0.1, 0.15) is 0 Å². The van der Waals surface area contributed by atoms with Crippen molar-refractivity contribution in [1.82, 2.24) is 4.90 Å². The van der Waals surface area contributed by atoms with Gasteiger partial charge in [0.15, 0.2) is 0 Å². The van der Waals surface area contributed by atoms with Crippen molar-refractivity contribution in [2.24, 2.45) is 5.92 Å². The topological polar surface area (TPSA) is 12.5 Å². The molecule has 13 heavy (non-hydrogen) atoms. The third kappa shape index (κ3) is 2.12. The van der Waals surface area contributed by atoms with E-state index in [0.29, 0.717) is 5.92 Å². The fourth-order valence-electron chi connectivity index (χ4n) is 1.72. The van der Waals surface area contributed by atoms with Gasteiger partial charge in [-0.2, -0.15) is 0 Å². The van der Waals surface area contributed by atoms with Gasteiger partial charge in [0.05, 0.1) is 13.2 Å². The summed E-state index contributed by atoms with van der Waals surface area (Å²) >= 11 is 0. The van der Waals surface area contributed by atoms with Gasteiger partial charge in [-0.25, -0.2) is 0 Å². The highest BCUT2D eigenvalue weighted by Crippen LogP contribution is 2.29. The highest BCUT2D eigenvalue weighted by Gasteiger charge is 2.39. The first kappa shape index (κ1) is 10.7. The maximum atomic E-state index is 5.51. The highest BCUT2D eigenvalue weighted by atomic mass is 16.5. The van der Waals surface area contributed by atoms with Crippen molar-refractivity contribution in [2.75, 3.05) is 26.8 Å². The van der Waals surface area contributed by atoms with Crippen LogP contribution < -0.4 is 0 Å². The maximum absolute atomic E-state index is 5.51. The largest absolute Gasteiger partial charge is 0.379 e. The molecule has 0 unspecified atom stereocenters. The van der Waals surface area contributed by atoms with E-state index in [1.54, 1.807) is 0 Å². The molecule has 0 bridgehead atoms. The third-order valence-corrected chi connectivity index (χ3v) is 3.31. The lowest BCUT2D eigenvalue weighted by molar-refractivity contribution is 0.0997. The monoisotopic (exact) mass is 183 g/mol. The Kier molecular flexibility index (Phi) is 3.51. The summed E-state index contributed by atoms with van der Waals surface area (Å²) in [6, 6.07) is 0. The standard InChI is InChI=1S/C11H21NO/c1-5-6-7-12(4)11(3)9-13-8-10(11)2/h5-6,10H,7-9H2,1-4H3/b6-5-/t10-,11+/m0/s1. The van der Waals surface area contributed by atoms with Gasteiger partial charge < -0.3 is 4.74 Å². The van der Waals surface area contributed by atoms with Crippen LogP contribution >= 0.6 is 0 Å². The Morgan fingerprint density at radius 2 is 2.31 bits per heavy atom.